The molecule has 1 heterocycles. The first-order valence-electron chi connectivity index (χ1n) is 6.25. The van der Waals surface area contributed by atoms with Crippen LogP contribution in [0.25, 0.3) is 0 Å². The molecule has 0 spiro atoms. The minimum absolute atomic E-state index is 1.24. The van der Waals surface area contributed by atoms with Crippen molar-refractivity contribution >= 4 is 18.2 Å². The zero-order valence-corrected chi connectivity index (χ0v) is 10.7. The molecule has 3 rings (SSSR count). The number of aromatic nitrogens is 1. The lowest BCUT2D eigenvalue weighted by molar-refractivity contribution is 1.33. The highest BCUT2D eigenvalue weighted by Crippen LogP contribution is 1.84. The number of pyridine rings is 1. The smallest absolute Gasteiger partial charge is 0.191 e. The fourth-order valence-corrected chi connectivity index (χ4v) is 1.60. The zero-order chi connectivity index (χ0) is 13.2. The van der Waals surface area contributed by atoms with Crippen LogP contribution in [0.15, 0.2) is 91.3 Å². The van der Waals surface area contributed by atoms with Crippen molar-refractivity contribution in [1.29, 1.82) is 0 Å². The number of nitrogens with zero attached hydrogens (tertiary/aromatic N) is 1. The Hall–Kier alpha value is -2.35. The lowest BCUT2D eigenvalue weighted by Gasteiger charge is -1.98. The molecule has 0 saturated heterocycles. The maximum atomic E-state index is 3.78. The minimum Gasteiger partial charge on any atom is -0.265 e. The van der Waals surface area contributed by atoms with Crippen molar-refractivity contribution in [2.75, 3.05) is 0 Å². The van der Waals surface area contributed by atoms with E-state index in [4.69, 9.17) is 0 Å². The zero-order valence-electron chi connectivity index (χ0n) is 10.7. The normalized spacial score (nSPS) is 9.05. The second-order valence-electron chi connectivity index (χ2n) is 3.99. The van der Waals surface area contributed by atoms with Crippen molar-refractivity contribution in [3.05, 3.63) is 91.3 Å². The van der Waals surface area contributed by atoms with Gasteiger partial charge in [-0.3, -0.25) is 4.98 Å². The first-order valence-corrected chi connectivity index (χ1v) is 6.25. The predicted octanol–water partition coefficient (Wildman–Crippen LogP) is 2.42. The SMILES string of the molecule is [B](c1ccccc1)c1ccccc1.c1ccncc1. The van der Waals surface area contributed by atoms with E-state index >= 15 is 0 Å². The van der Waals surface area contributed by atoms with Gasteiger partial charge in [-0.1, -0.05) is 77.7 Å². The van der Waals surface area contributed by atoms with Crippen LogP contribution >= 0.6 is 0 Å². The molecule has 0 aliphatic heterocycles. The van der Waals surface area contributed by atoms with Crippen molar-refractivity contribution in [3.63, 3.8) is 0 Å². The van der Waals surface area contributed by atoms with Crippen molar-refractivity contribution in [1.82, 2.24) is 4.98 Å². The van der Waals surface area contributed by atoms with Gasteiger partial charge in [-0.05, 0) is 12.1 Å². The van der Waals surface area contributed by atoms with E-state index in [9.17, 15) is 0 Å². The van der Waals surface area contributed by atoms with E-state index < -0.39 is 0 Å². The van der Waals surface area contributed by atoms with Gasteiger partial charge >= 0.3 is 0 Å². The molecule has 0 aliphatic carbocycles. The average molecular weight is 244 g/mol. The van der Waals surface area contributed by atoms with E-state index in [2.05, 4.69) is 60.8 Å². The first kappa shape index (κ1) is 13.1. The van der Waals surface area contributed by atoms with Crippen molar-refractivity contribution < 1.29 is 0 Å². The number of benzene rings is 2. The molecular formula is C17H15BN. The van der Waals surface area contributed by atoms with Crippen LogP contribution in [0.5, 0.6) is 0 Å². The van der Waals surface area contributed by atoms with Gasteiger partial charge in [0.25, 0.3) is 0 Å². The number of hydrogen-bond donors (Lipinski definition) is 0. The maximum Gasteiger partial charge on any atom is 0.191 e. The number of hydrogen-bond acceptors (Lipinski definition) is 1. The van der Waals surface area contributed by atoms with E-state index in [-0.39, 0.29) is 0 Å². The highest BCUT2D eigenvalue weighted by molar-refractivity contribution is 6.67. The summed E-state index contributed by atoms with van der Waals surface area (Å²) < 4.78 is 0. The maximum absolute atomic E-state index is 3.78. The molecule has 3 aromatic rings. The Morgan fingerprint density at radius 1 is 0.526 bits per heavy atom. The van der Waals surface area contributed by atoms with Gasteiger partial charge in [0.05, 0.1) is 0 Å². The van der Waals surface area contributed by atoms with Gasteiger partial charge in [0.2, 0.25) is 0 Å². The largest absolute Gasteiger partial charge is 0.265 e. The van der Waals surface area contributed by atoms with Crippen molar-refractivity contribution in [2.45, 2.75) is 0 Å². The predicted molar refractivity (Wildman–Crippen MR) is 82.1 cm³/mol. The molecular weight excluding hydrogens is 229 g/mol. The van der Waals surface area contributed by atoms with Gasteiger partial charge in [-0.15, -0.1) is 0 Å². The van der Waals surface area contributed by atoms with Crippen molar-refractivity contribution in [2.24, 2.45) is 0 Å². The molecule has 0 amide bonds. The fourth-order valence-electron chi connectivity index (χ4n) is 1.60. The third-order valence-corrected chi connectivity index (χ3v) is 2.50. The van der Waals surface area contributed by atoms with E-state index in [1.54, 1.807) is 12.4 Å². The Kier molecular flexibility index (Phi) is 5.43. The minimum atomic E-state index is 1.24. The van der Waals surface area contributed by atoms with Gasteiger partial charge in [-0.2, -0.15) is 0 Å². The standard InChI is InChI=1S/C12H10B.C5H5N/c1-3-7-11(8-4-1)13-12-9-5-2-6-10-12;1-2-4-6-5-3-1/h1-10H;1-5H. The van der Waals surface area contributed by atoms with E-state index in [1.165, 1.54) is 10.9 Å². The number of rotatable bonds is 2. The average Bonchev–Trinajstić information content (AvgIpc) is 2.52. The Balaban J connectivity index is 0.000000186. The second-order valence-corrected chi connectivity index (χ2v) is 3.99. The van der Waals surface area contributed by atoms with E-state index in [0.29, 0.717) is 0 Å². The van der Waals surface area contributed by atoms with Crippen LogP contribution in [0.4, 0.5) is 0 Å². The third-order valence-electron chi connectivity index (χ3n) is 2.50. The summed E-state index contributed by atoms with van der Waals surface area (Å²) in [6.07, 6.45) is 3.50. The topological polar surface area (TPSA) is 12.9 Å². The van der Waals surface area contributed by atoms with E-state index in [0.717, 1.165) is 0 Å². The Labute approximate surface area is 115 Å². The van der Waals surface area contributed by atoms with Crippen LogP contribution in [0.3, 0.4) is 0 Å². The molecule has 0 fully saturated rings. The quantitative estimate of drug-likeness (QED) is 0.631. The molecule has 0 atom stereocenters. The summed E-state index contributed by atoms with van der Waals surface area (Å²) in [7, 11) is 2.17. The summed E-state index contributed by atoms with van der Waals surface area (Å²) in [4.78, 5) is 3.78. The van der Waals surface area contributed by atoms with Crippen molar-refractivity contribution in [3.8, 4) is 0 Å². The molecule has 0 unspecified atom stereocenters. The molecule has 1 nitrogen and oxygen atoms in total. The van der Waals surface area contributed by atoms with Crippen LogP contribution in [0, 0.1) is 0 Å². The van der Waals surface area contributed by atoms with Crippen LogP contribution in [0.1, 0.15) is 0 Å². The molecule has 19 heavy (non-hydrogen) atoms. The molecule has 2 aromatic carbocycles. The lowest BCUT2D eigenvalue weighted by atomic mass is 9.64. The monoisotopic (exact) mass is 244 g/mol. The van der Waals surface area contributed by atoms with Gasteiger partial charge in [0, 0.05) is 12.4 Å². The molecule has 1 radical (unpaired) electrons. The molecule has 2 heteroatoms. The summed E-state index contributed by atoms with van der Waals surface area (Å²) >= 11 is 0. The molecule has 1 aromatic heterocycles. The van der Waals surface area contributed by atoms with E-state index in [1.807, 2.05) is 30.3 Å². The Bertz CT molecular complexity index is 488. The summed E-state index contributed by atoms with van der Waals surface area (Å²) in [5.41, 5.74) is 2.49. The van der Waals surface area contributed by atoms with Crippen LogP contribution in [-0.4, -0.2) is 12.3 Å². The third kappa shape index (κ3) is 5.22. The molecule has 0 saturated carbocycles. The highest BCUT2D eigenvalue weighted by atomic mass is 14.6. The molecule has 0 aliphatic rings. The van der Waals surface area contributed by atoms with Crippen LogP contribution < -0.4 is 10.9 Å². The summed E-state index contributed by atoms with van der Waals surface area (Å²) in [6, 6.07) is 26.4. The summed E-state index contributed by atoms with van der Waals surface area (Å²) in [5, 5.41) is 0. The Morgan fingerprint density at radius 2 is 0.947 bits per heavy atom. The lowest BCUT2D eigenvalue weighted by Crippen LogP contribution is -2.26. The first-order chi connectivity index (χ1) is 9.45. The van der Waals surface area contributed by atoms with Gasteiger partial charge < -0.3 is 0 Å². The molecule has 0 bridgehead atoms. The second kappa shape index (κ2) is 7.88. The van der Waals surface area contributed by atoms with Crippen LogP contribution in [0.2, 0.25) is 0 Å². The molecule has 0 N–H and O–H groups in total. The fraction of sp³-hybridized carbons (Fsp3) is 0. The van der Waals surface area contributed by atoms with Gasteiger partial charge in [0.1, 0.15) is 0 Å². The summed E-state index contributed by atoms with van der Waals surface area (Å²) in [5.74, 6) is 0. The van der Waals surface area contributed by atoms with Gasteiger partial charge in [0.15, 0.2) is 7.28 Å². The Morgan fingerprint density at radius 3 is 1.26 bits per heavy atom. The van der Waals surface area contributed by atoms with Crippen LogP contribution in [-0.2, 0) is 0 Å². The van der Waals surface area contributed by atoms with Gasteiger partial charge in [-0.25, -0.2) is 0 Å². The molecule has 91 valence electrons. The highest BCUT2D eigenvalue weighted by Gasteiger charge is 1.95. The summed E-state index contributed by atoms with van der Waals surface area (Å²) in [6.45, 7) is 0.